The molecule has 0 radical (unpaired) electrons. The van der Waals surface area contributed by atoms with Gasteiger partial charge in [0.2, 0.25) is 10.0 Å². The molecule has 0 aliphatic carbocycles. The predicted molar refractivity (Wildman–Crippen MR) is 67.1 cm³/mol. The van der Waals surface area contributed by atoms with E-state index in [9.17, 15) is 18.5 Å². The Hall–Kier alpha value is -0.670. The van der Waals surface area contributed by atoms with Crippen LogP contribution in [-0.2, 0) is 10.0 Å². The lowest BCUT2D eigenvalue weighted by Crippen LogP contribution is -2.13. The first-order valence-electron chi connectivity index (χ1n) is 3.86. The van der Waals surface area contributed by atoms with Crippen LogP contribution in [0.2, 0.25) is 0 Å². The van der Waals surface area contributed by atoms with Crippen molar-refractivity contribution in [3.8, 4) is 0 Å². The molecular formula is C7H6Br2N2O4S. The van der Waals surface area contributed by atoms with Crippen molar-refractivity contribution < 1.29 is 13.3 Å². The van der Waals surface area contributed by atoms with Gasteiger partial charge in [-0.2, -0.15) is 0 Å². The first kappa shape index (κ1) is 13.4. The van der Waals surface area contributed by atoms with Crippen LogP contribution in [0.3, 0.4) is 0 Å². The standard InChI is InChI=1S/C7H6Br2N2O4S/c8-4-16(14,15)10-7-3-5(11(12)13)1-2-6(7)9/h1-3,10H,4H2. The minimum atomic E-state index is -3.52. The summed E-state index contributed by atoms with van der Waals surface area (Å²) < 4.78 is 24.9. The van der Waals surface area contributed by atoms with E-state index in [1.807, 2.05) is 0 Å². The van der Waals surface area contributed by atoms with E-state index in [2.05, 4.69) is 36.6 Å². The van der Waals surface area contributed by atoms with Gasteiger partial charge in [-0.25, -0.2) is 8.42 Å². The normalized spacial score (nSPS) is 11.1. The second-order valence-corrected chi connectivity index (χ2v) is 6.63. The van der Waals surface area contributed by atoms with Crippen molar-refractivity contribution in [3.05, 3.63) is 32.8 Å². The zero-order chi connectivity index (χ0) is 12.3. The van der Waals surface area contributed by atoms with Crippen LogP contribution in [0.25, 0.3) is 0 Å². The van der Waals surface area contributed by atoms with Crippen molar-refractivity contribution in [2.24, 2.45) is 0 Å². The van der Waals surface area contributed by atoms with E-state index in [4.69, 9.17) is 0 Å². The summed E-state index contributed by atoms with van der Waals surface area (Å²) >= 11 is 5.90. The maximum atomic E-state index is 11.3. The van der Waals surface area contributed by atoms with E-state index in [-0.39, 0.29) is 16.0 Å². The summed E-state index contributed by atoms with van der Waals surface area (Å²) in [7, 11) is -3.52. The number of nitrogens with one attached hydrogen (secondary N) is 1. The summed E-state index contributed by atoms with van der Waals surface area (Å²) in [5.74, 6) is 0. The van der Waals surface area contributed by atoms with E-state index in [1.165, 1.54) is 12.1 Å². The van der Waals surface area contributed by atoms with Gasteiger partial charge in [-0.1, -0.05) is 15.9 Å². The number of hydrogen-bond donors (Lipinski definition) is 1. The molecule has 1 N–H and O–H groups in total. The Balaban J connectivity index is 3.13. The van der Waals surface area contributed by atoms with Gasteiger partial charge in [-0.05, 0) is 22.0 Å². The Morgan fingerprint density at radius 3 is 2.56 bits per heavy atom. The van der Waals surface area contributed by atoms with Crippen LogP contribution in [0.15, 0.2) is 22.7 Å². The van der Waals surface area contributed by atoms with Gasteiger partial charge >= 0.3 is 0 Å². The fraction of sp³-hybridized carbons (Fsp3) is 0.143. The molecule has 0 spiro atoms. The molecule has 0 bridgehead atoms. The summed E-state index contributed by atoms with van der Waals surface area (Å²) in [6.45, 7) is 0. The summed E-state index contributed by atoms with van der Waals surface area (Å²) in [6, 6.07) is 3.82. The van der Waals surface area contributed by atoms with Gasteiger partial charge in [0.15, 0.2) is 0 Å². The van der Waals surface area contributed by atoms with E-state index in [0.29, 0.717) is 4.47 Å². The Labute approximate surface area is 108 Å². The molecule has 6 nitrogen and oxygen atoms in total. The third kappa shape index (κ3) is 3.42. The fourth-order valence-electron chi connectivity index (χ4n) is 0.900. The highest BCUT2D eigenvalue weighted by Gasteiger charge is 2.14. The Morgan fingerprint density at radius 2 is 2.06 bits per heavy atom. The molecule has 0 amide bonds. The molecule has 0 aromatic heterocycles. The van der Waals surface area contributed by atoms with E-state index < -0.39 is 14.9 Å². The van der Waals surface area contributed by atoms with E-state index in [0.717, 1.165) is 6.07 Å². The minimum Gasteiger partial charge on any atom is -0.281 e. The van der Waals surface area contributed by atoms with Crippen LogP contribution in [0.1, 0.15) is 0 Å². The highest BCUT2D eigenvalue weighted by Crippen LogP contribution is 2.28. The summed E-state index contributed by atoms with van der Waals surface area (Å²) in [4.78, 5) is 9.90. The van der Waals surface area contributed by atoms with Crippen molar-refractivity contribution in [1.82, 2.24) is 0 Å². The number of sulfonamides is 1. The first-order chi connectivity index (χ1) is 7.35. The SMILES string of the molecule is O=[N+]([O-])c1ccc(Br)c(NS(=O)(=O)CBr)c1. The molecule has 0 atom stereocenters. The van der Waals surface area contributed by atoms with Gasteiger partial charge in [-0.3, -0.25) is 14.8 Å². The van der Waals surface area contributed by atoms with Crippen molar-refractivity contribution in [2.45, 2.75) is 0 Å². The average Bonchev–Trinajstić information content (AvgIpc) is 2.21. The molecule has 0 saturated heterocycles. The van der Waals surface area contributed by atoms with E-state index >= 15 is 0 Å². The van der Waals surface area contributed by atoms with Gasteiger partial charge in [0.1, 0.15) is 4.66 Å². The lowest BCUT2D eigenvalue weighted by molar-refractivity contribution is -0.384. The molecule has 9 heteroatoms. The number of benzene rings is 1. The minimum absolute atomic E-state index is 0.133. The van der Waals surface area contributed by atoms with Crippen LogP contribution >= 0.6 is 31.9 Å². The second kappa shape index (κ2) is 5.11. The third-order valence-electron chi connectivity index (χ3n) is 1.57. The van der Waals surface area contributed by atoms with Gasteiger partial charge in [0.25, 0.3) is 5.69 Å². The Morgan fingerprint density at radius 1 is 1.44 bits per heavy atom. The zero-order valence-corrected chi connectivity index (χ0v) is 11.7. The number of nitro benzene ring substituents is 1. The van der Waals surface area contributed by atoms with Crippen LogP contribution < -0.4 is 4.72 Å². The van der Waals surface area contributed by atoms with E-state index in [1.54, 1.807) is 0 Å². The van der Waals surface area contributed by atoms with Crippen LogP contribution in [0, 0.1) is 10.1 Å². The first-order valence-corrected chi connectivity index (χ1v) is 7.43. The lowest BCUT2D eigenvalue weighted by Gasteiger charge is -2.06. The molecule has 1 aromatic carbocycles. The molecule has 88 valence electrons. The smallest absolute Gasteiger partial charge is 0.271 e. The zero-order valence-electron chi connectivity index (χ0n) is 7.68. The molecular weight excluding hydrogens is 368 g/mol. The average molecular weight is 374 g/mol. The highest BCUT2D eigenvalue weighted by atomic mass is 79.9. The number of rotatable bonds is 4. The number of nitrogens with zero attached hydrogens (tertiary/aromatic N) is 1. The van der Waals surface area contributed by atoms with Crippen LogP contribution in [-0.4, -0.2) is 18.0 Å². The summed E-state index contributed by atoms with van der Waals surface area (Å²) in [6.07, 6.45) is 0. The molecule has 16 heavy (non-hydrogen) atoms. The number of hydrogen-bond acceptors (Lipinski definition) is 4. The maximum absolute atomic E-state index is 11.3. The predicted octanol–water partition coefficient (Wildman–Crippen LogP) is 2.45. The second-order valence-electron chi connectivity index (χ2n) is 2.75. The van der Waals surface area contributed by atoms with Crippen LogP contribution in [0.4, 0.5) is 11.4 Å². The Bertz CT molecular complexity index is 517. The molecule has 1 aromatic rings. The summed E-state index contributed by atoms with van der Waals surface area (Å²) in [5, 5.41) is 10.5. The summed E-state index contributed by atoms with van der Waals surface area (Å²) in [5.41, 5.74) is -0.0517. The molecule has 0 aliphatic heterocycles. The molecule has 0 aliphatic rings. The van der Waals surface area contributed by atoms with Crippen molar-refractivity contribution >= 4 is 53.3 Å². The Kier molecular flexibility index (Phi) is 4.28. The van der Waals surface area contributed by atoms with Gasteiger partial charge in [-0.15, -0.1) is 0 Å². The number of halogens is 2. The van der Waals surface area contributed by atoms with Crippen LogP contribution in [0.5, 0.6) is 0 Å². The molecule has 1 rings (SSSR count). The number of nitro groups is 1. The fourth-order valence-corrected chi connectivity index (χ4v) is 2.28. The third-order valence-corrected chi connectivity index (χ3v) is 4.89. The molecule has 0 saturated carbocycles. The lowest BCUT2D eigenvalue weighted by atomic mass is 10.3. The molecule has 0 unspecified atom stereocenters. The maximum Gasteiger partial charge on any atom is 0.271 e. The molecule has 0 fully saturated rings. The molecule has 0 heterocycles. The monoisotopic (exact) mass is 372 g/mol. The van der Waals surface area contributed by atoms with Gasteiger partial charge < -0.3 is 0 Å². The number of anilines is 1. The number of alkyl halides is 1. The van der Waals surface area contributed by atoms with Crippen molar-refractivity contribution in [3.63, 3.8) is 0 Å². The largest absolute Gasteiger partial charge is 0.281 e. The van der Waals surface area contributed by atoms with Crippen molar-refractivity contribution in [1.29, 1.82) is 0 Å². The quantitative estimate of drug-likeness (QED) is 0.498. The van der Waals surface area contributed by atoms with Gasteiger partial charge in [0.05, 0.1) is 10.6 Å². The highest BCUT2D eigenvalue weighted by molar-refractivity contribution is 9.11. The topological polar surface area (TPSA) is 89.3 Å². The van der Waals surface area contributed by atoms with Gasteiger partial charge in [0, 0.05) is 16.6 Å². The number of non-ortho nitro benzene ring substituents is 1. The van der Waals surface area contributed by atoms with Crippen molar-refractivity contribution in [2.75, 3.05) is 9.38 Å².